The Hall–Kier alpha value is -0.960. The van der Waals surface area contributed by atoms with Crippen LogP contribution in [0.1, 0.15) is 6.42 Å². The molecule has 1 aromatic rings. The van der Waals surface area contributed by atoms with Crippen LogP contribution in [-0.4, -0.2) is 16.3 Å². The molecule has 0 saturated heterocycles. The topological polar surface area (TPSA) is 37.3 Å². The standard InChI is InChI=1S/C10H10O2S/c11-10(12)8-6-9(8)13-7-4-2-1-3-5-7/h1-5,8-9H,6H2,(H,11,12). The van der Waals surface area contributed by atoms with Crippen LogP contribution in [0, 0.1) is 5.92 Å². The molecule has 1 N–H and O–H groups in total. The lowest BCUT2D eigenvalue weighted by Gasteiger charge is -1.97. The minimum Gasteiger partial charge on any atom is -0.481 e. The van der Waals surface area contributed by atoms with E-state index in [0.717, 1.165) is 11.3 Å². The highest BCUT2D eigenvalue weighted by Gasteiger charge is 2.43. The quantitative estimate of drug-likeness (QED) is 0.801. The summed E-state index contributed by atoms with van der Waals surface area (Å²) in [6.07, 6.45) is 0.814. The van der Waals surface area contributed by atoms with Gasteiger partial charge in [0.15, 0.2) is 0 Å². The molecule has 0 heterocycles. The molecule has 13 heavy (non-hydrogen) atoms. The molecule has 1 fully saturated rings. The van der Waals surface area contributed by atoms with Gasteiger partial charge in [-0.15, -0.1) is 11.8 Å². The van der Waals surface area contributed by atoms with E-state index in [9.17, 15) is 4.79 Å². The monoisotopic (exact) mass is 194 g/mol. The van der Waals surface area contributed by atoms with Gasteiger partial charge in [0, 0.05) is 10.1 Å². The van der Waals surface area contributed by atoms with Crippen LogP contribution >= 0.6 is 11.8 Å². The molecule has 1 aliphatic carbocycles. The summed E-state index contributed by atoms with van der Waals surface area (Å²) in [7, 11) is 0. The SMILES string of the molecule is O=C(O)C1CC1Sc1ccccc1. The van der Waals surface area contributed by atoms with Crippen LogP contribution in [0.15, 0.2) is 35.2 Å². The third kappa shape index (κ3) is 2.04. The summed E-state index contributed by atoms with van der Waals surface area (Å²) in [6.45, 7) is 0. The van der Waals surface area contributed by atoms with E-state index in [1.165, 1.54) is 0 Å². The molecular formula is C10H10O2S. The van der Waals surface area contributed by atoms with Crippen molar-refractivity contribution >= 4 is 17.7 Å². The van der Waals surface area contributed by atoms with Gasteiger partial charge in [-0.05, 0) is 18.6 Å². The van der Waals surface area contributed by atoms with Gasteiger partial charge in [0.05, 0.1) is 5.92 Å². The Morgan fingerprint density at radius 1 is 1.38 bits per heavy atom. The average Bonchev–Trinajstić information content (AvgIpc) is 2.86. The Bertz CT molecular complexity index is 310. The Morgan fingerprint density at radius 3 is 2.62 bits per heavy atom. The van der Waals surface area contributed by atoms with Crippen LogP contribution in [0.4, 0.5) is 0 Å². The van der Waals surface area contributed by atoms with Gasteiger partial charge < -0.3 is 5.11 Å². The highest BCUT2D eigenvalue weighted by atomic mass is 32.2. The summed E-state index contributed by atoms with van der Waals surface area (Å²) >= 11 is 1.67. The Balaban J connectivity index is 1.92. The first-order valence-corrected chi connectivity index (χ1v) is 5.10. The van der Waals surface area contributed by atoms with Crippen molar-refractivity contribution < 1.29 is 9.90 Å². The highest BCUT2D eigenvalue weighted by molar-refractivity contribution is 8.00. The van der Waals surface area contributed by atoms with Crippen molar-refractivity contribution in [3.8, 4) is 0 Å². The van der Waals surface area contributed by atoms with Gasteiger partial charge in [-0.25, -0.2) is 0 Å². The van der Waals surface area contributed by atoms with Crippen LogP contribution in [0.3, 0.4) is 0 Å². The van der Waals surface area contributed by atoms with Crippen molar-refractivity contribution in [1.82, 2.24) is 0 Å². The molecule has 0 amide bonds. The fourth-order valence-corrected chi connectivity index (χ4v) is 2.48. The molecule has 3 heteroatoms. The Morgan fingerprint density at radius 2 is 2.08 bits per heavy atom. The average molecular weight is 194 g/mol. The first-order valence-electron chi connectivity index (χ1n) is 4.22. The van der Waals surface area contributed by atoms with Crippen molar-refractivity contribution in [2.45, 2.75) is 16.6 Å². The van der Waals surface area contributed by atoms with Gasteiger partial charge in [-0.2, -0.15) is 0 Å². The molecule has 2 rings (SSSR count). The number of carboxylic acids is 1. The maximum atomic E-state index is 10.5. The normalized spacial score (nSPS) is 25.5. The van der Waals surface area contributed by atoms with Crippen LogP contribution in [0.25, 0.3) is 0 Å². The zero-order valence-electron chi connectivity index (χ0n) is 7.01. The predicted octanol–water partition coefficient (Wildman–Crippen LogP) is 2.25. The minimum absolute atomic E-state index is 0.120. The summed E-state index contributed by atoms with van der Waals surface area (Å²) in [5.74, 6) is -0.779. The molecule has 0 radical (unpaired) electrons. The molecule has 2 unspecified atom stereocenters. The van der Waals surface area contributed by atoms with Gasteiger partial charge in [0.25, 0.3) is 0 Å². The molecule has 0 aromatic heterocycles. The highest BCUT2D eigenvalue weighted by Crippen LogP contribution is 2.45. The zero-order chi connectivity index (χ0) is 9.26. The Labute approximate surface area is 81.0 Å². The third-order valence-corrected chi connectivity index (χ3v) is 3.45. The number of aliphatic carboxylic acids is 1. The fourth-order valence-electron chi connectivity index (χ4n) is 1.24. The Kier molecular flexibility index (Phi) is 2.27. The second-order valence-electron chi connectivity index (χ2n) is 3.15. The smallest absolute Gasteiger partial charge is 0.307 e. The second kappa shape index (κ2) is 3.42. The molecule has 0 aliphatic heterocycles. The summed E-state index contributed by atoms with van der Waals surface area (Å²) < 4.78 is 0. The maximum Gasteiger partial charge on any atom is 0.307 e. The lowest BCUT2D eigenvalue weighted by atomic mass is 10.4. The molecule has 1 aromatic carbocycles. The van der Waals surface area contributed by atoms with E-state index in [1.54, 1.807) is 11.8 Å². The lowest BCUT2D eigenvalue weighted by molar-refractivity contribution is -0.138. The number of thioether (sulfide) groups is 1. The summed E-state index contributed by atoms with van der Waals surface area (Å²) in [6, 6.07) is 9.94. The lowest BCUT2D eigenvalue weighted by Crippen LogP contribution is -1.99. The number of hydrogen-bond donors (Lipinski definition) is 1. The third-order valence-electron chi connectivity index (χ3n) is 2.08. The summed E-state index contributed by atoms with van der Waals surface area (Å²) in [4.78, 5) is 11.7. The van der Waals surface area contributed by atoms with Crippen LogP contribution in [0.5, 0.6) is 0 Å². The van der Waals surface area contributed by atoms with Gasteiger partial charge in [0.1, 0.15) is 0 Å². The first kappa shape index (κ1) is 8.63. The van der Waals surface area contributed by atoms with Crippen molar-refractivity contribution in [2.24, 2.45) is 5.92 Å². The van der Waals surface area contributed by atoms with Crippen molar-refractivity contribution in [3.05, 3.63) is 30.3 Å². The van der Waals surface area contributed by atoms with E-state index < -0.39 is 5.97 Å². The van der Waals surface area contributed by atoms with Crippen molar-refractivity contribution in [3.63, 3.8) is 0 Å². The molecule has 1 aliphatic rings. The number of benzene rings is 1. The van der Waals surface area contributed by atoms with Gasteiger partial charge in [-0.1, -0.05) is 18.2 Å². The number of carbonyl (C=O) groups is 1. The van der Waals surface area contributed by atoms with E-state index in [-0.39, 0.29) is 5.92 Å². The summed E-state index contributed by atoms with van der Waals surface area (Å²) in [5, 5.41) is 8.98. The fraction of sp³-hybridized carbons (Fsp3) is 0.300. The molecule has 0 bridgehead atoms. The summed E-state index contributed by atoms with van der Waals surface area (Å²) in [5.41, 5.74) is 0. The van der Waals surface area contributed by atoms with Crippen LogP contribution in [0.2, 0.25) is 0 Å². The molecule has 68 valence electrons. The molecule has 1 saturated carbocycles. The largest absolute Gasteiger partial charge is 0.481 e. The maximum absolute atomic E-state index is 10.5. The van der Waals surface area contributed by atoms with Crippen LogP contribution < -0.4 is 0 Å². The van der Waals surface area contributed by atoms with E-state index in [1.807, 2.05) is 30.3 Å². The van der Waals surface area contributed by atoms with Crippen molar-refractivity contribution in [2.75, 3.05) is 0 Å². The van der Waals surface area contributed by atoms with E-state index in [4.69, 9.17) is 5.11 Å². The number of carboxylic acid groups (broad SMARTS) is 1. The minimum atomic E-state index is -0.659. The zero-order valence-corrected chi connectivity index (χ0v) is 7.83. The van der Waals surface area contributed by atoms with Gasteiger partial charge in [0.2, 0.25) is 0 Å². The van der Waals surface area contributed by atoms with E-state index in [2.05, 4.69) is 0 Å². The van der Waals surface area contributed by atoms with Crippen molar-refractivity contribution in [1.29, 1.82) is 0 Å². The predicted molar refractivity (Wildman–Crippen MR) is 51.8 cm³/mol. The second-order valence-corrected chi connectivity index (χ2v) is 4.46. The van der Waals surface area contributed by atoms with E-state index in [0.29, 0.717) is 5.25 Å². The molecule has 0 spiro atoms. The van der Waals surface area contributed by atoms with Gasteiger partial charge in [-0.3, -0.25) is 4.79 Å². The van der Waals surface area contributed by atoms with Gasteiger partial charge >= 0.3 is 5.97 Å². The molecular weight excluding hydrogens is 184 g/mol. The molecule has 2 atom stereocenters. The number of hydrogen-bond acceptors (Lipinski definition) is 2. The first-order chi connectivity index (χ1) is 6.27. The number of rotatable bonds is 3. The molecule has 2 nitrogen and oxygen atoms in total. The van der Waals surface area contributed by atoms with E-state index >= 15 is 0 Å². The van der Waals surface area contributed by atoms with Crippen LogP contribution in [-0.2, 0) is 4.79 Å².